The number of hydrogen-bond donors (Lipinski definition) is 1. The van der Waals surface area contributed by atoms with Crippen LogP contribution in [0.1, 0.15) is 15.9 Å². The molecule has 9 heteroatoms. The predicted molar refractivity (Wildman–Crippen MR) is 151 cm³/mol. The lowest BCUT2D eigenvalue weighted by atomic mass is 10.0. The number of para-hydroxylation sites is 1. The zero-order valence-electron chi connectivity index (χ0n) is 20.9. The quantitative estimate of drug-likeness (QED) is 0.255. The molecule has 0 aliphatic carbocycles. The molecule has 2 aromatic heterocycles. The number of ether oxygens (including phenoxy) is 1. The number of nitrogens with zero attached hydrogens (tertiary/aromatic N) is 3. The fraction of sp³-hybridized carbons (Fsp3) is 0.0667. The number of aryl methyl sites for hydroxylation is 1. The number of carbonyl (C=O) groups excluding carboxylic acids is 1. The first-order valence-corrected chi connectivity index (χ1v) is 12.4. The van der Waals surface area contributed by atoms with Gasteiger partial charge in [0.1, 0.15) is 22.4 Å². The first kappa shape index (κ1) is 24.4. The van der Waals surface area contributed by atoms with Crippen molar-refractivity contribution in [3.63, 3.8) is 0 Å². The summed E-state index contributed by atoms with van der Waals surface area (Å²) in [6, 6.07) is 24.9. The molecule has 1 amide bonds. The molecule has 6 aromatic rings. The van der Waals surface area contributed by atoms with E-state index in [0.717, 1.165) is 10.9 Å². The van der Waals surface area contributed by atoms with E-state index in [1.54, 1.807) is 61.7 Å². The molecule has 0 aliphatic heterocycles. The maximum absolute atomic E-state index is 13.1. The lowest BCUT2D eigenvalue weighted by Crippen LogP contribution is -2.13. The van der Waals surface area contributed by atoms with Crippen LogP contribution in [0.25, 0.3) is 38.8 Å². The number of anilines is 1. The highest BCUT2D eigenvalue weighted by Crippen LogP contribution is 2.28. The summed E-state index contributed by atoms with van der Waals surface area (Å²) in [4.78, 5) is 27.1. The molecule has 1 N–H and O–H groups in total. The molecule has 192 valence electrons. The molecule has 0 bridgehead atoms. The Bertz CT molecular complexity index is 1940. The summed E-state index contributed by atoms with van der Waals surface area (Å²) < 4.78 is 10.6. The van der Waals surface area contributed by atoms with E-state index < -0.39 is 5.63 Å². The Kier molecular flexibility index (Phi) is 6.09. The van der Waals surface area contributed by atoms with Crippen LogP contribution in [-0.2, 0) is 0 Å². The van der Waals surface area contributed by atoms with E-state index in [9.17, 15) is 9.59 Å². The molecule has 0 spiro atoms. The average Bonchev–Trinajstić information content (AvgIpc) is 3.35. The fourth-order valence-electron chi connectivity index (χ4n) is 4.36. The van der Waals surface area contributed by atoms with E-state index in [-0.39, 0.29) is 5.91 Å². The van der Waals surface area contributed by atoms with E-state index in [0.29, 0.717) is 55.5 Å². The number of benzene rings is 4. The van der Waals surface area contributed by atoms with E-state index in [1.165, 1.54) is 4.80 Å². The van der Waals surface area contributed by atoms with Crippen LogP contribution in [0.15, 0.2) is 94.1 Å². The number of hydrogen-bond acceptors (Lipinski definition) is 6. The highest BCUT2D eigenvalue weighted by atomic mass is 35.5. The number of halogens is 1. The first-order chi connectivity index (χ1) is 18.9. The van der Waals surface area contributed by atoms with Crippen molar-refractivity contribution in [1.29, 1.82) is 0 Å². The number of methoxy groups -OCH3 is 1. The summed E-state index contributed by atoms with van der Waals surface area (Å²) >= 11 is 6.26. The predicted octanol–water partition coefficient (Wildman–Crippen LogP) is 6.42. The second-order valence-corrected chi connectivity index (χ2v) is 9.39. The molecule has 0 atom stereocenters. The molecule has 8 nitrogen and oxygen atoms in total. The van der Waals surface area contributed by atoms with Crippen molar-refractivity contribution in [3.05, 3.63) is 111 Å². The Morgan fingerprint density at radius 2 is 1.69 bits per heavy atom. The maximum Gasteiger partial charge on any atom is 0.344 e. The minimum Gasteiger partial charge on any atom is -0.495 e. The third-order valence-corrected chi connectivity index (χ3v) is 6.74. The van der Waals surface area contributed by atoms with Crippen LogP contribution in [0.2, 0.25) is 5.02 Å². The van der Waals surface area contributed by atoms with Crippen LogP contribution in [0, 0.1) is 6.92 Å². The van der Waals surface area contributed by atoms with Gasteiger partial charge in [-0.3, -0.25) is 4.79 Å². The van der Waals surface area contributed by atoms with Crippen molar-refractivity contribution < 1.29 is 13.9 Å². The second kappa shape index (κ2) is 9.74. The van der Waals surface area contributed by atoms with Gasteiger partial charge < -0.3 is 14.5 Å². The van der Waals surface area contributed by atoms with Gasteiger partial charge in [0.15, 0.2) is 0 Å². The van der Waals surface area contributed by atoms with Crippen LogP contribution in [-0.4, -0.2) is 28.0 Å². The fourth-order valence-corrected chi connectivity index (χ4v) is 4.61. The Morgan fingerprint density at radius 1 is 0.949 bits per heavy atom. The number of fused-ring (bicyclic) bond motifs is 2. The Hall–Kier alpha value is -4.95. The molecule has 2 heterocycles. The van der Waals surface area contributed by atoms with E-state index in [2.05, 4.69) is 15.5 Å². The van der Waals surface area contributed by atoms with Gasteiger partial charge in [-0.1, -0.05) is 41.9 Å². The van der Waals surface area contributed by atoms with E-state index in [1.807, 2.05) is 37.3 Å². The first-order valence-electron chi connectivity index (χ1n) is 12.1. The number of amides is 1. The summed E-state index contributed by atoms with van der Waals surface area (Å²) in [5.41, 5.74) is 5.06. The molecule has 0 saturated carbocycles. The SMILES string of the molecule is COc1ccc(-n2nc3cc(C)c(NC(=O)c4ccc(-c5cc6ccccc6oc5=O)cc4)cc3n2)cc1Cl. The van der Waals surface area contributed by atoms with Gasteiger partial charge in [0.2, 0.25) is 0 Å². The lowest BCUT2D eigenvalue weighted by Gasteiger charge is -2.09. The van der Waals surface area contributed by atoms with Gasteiger partial charge in [0.25, 0.3) is 5.91 Å². The minimum absolute atomic E-state index is 0.288. The Labute approximate surface area is 227 Å². The zero-order chi connectivity index (χ0) is 27.1. The molecule has 0 radical (unpaired) electrons. The summed E-state index contributed by atoms with van der Waals surface area (Å²) in [6.07, 6.45) is 0. The smallest absolute Gasteiger partial charge is 0.344 e. The molecule has 0 saturated heterocycles. The normalized spacial score (nSPS) is 11.2. The Morgan fingerprint density at radius 3 is 2.44 bits per heavy atom. The Balaban J connectivity index is 1.25. The zero-order valence-corrected chi connectivity index (χ0v) is 21.7. The number of carbonyl (C=O) groups is 1. The monoisotopic (exact) mass is 536 g/mol. The van der Waals surface area contributed by atoms with E-state index >= 15 is 0 Å². The van der Waals surface area contributed by atoms with Crippen molar-refractivity contribution in [2.75, 3.05) is 12.4 Å². The van der Waals surface area contributed by atoms with Crippen LogP contribution < -0.4 is 15.7 Å². The third-order valence-electron chi connectivity index (χ3n) is 6.44. The maximum atomic E-state index is 13.1. The number of nitrogens with one attached hydrogen (secondary N) is 1. The van der Waals surface area contributed by atoms with Gasteiger partial charge >= 0.3 is 5.63 Å². The molecule has 6 rings (SSSR count). The number of aromatic nitrogens is 3. The van der Waals surface area contributed by atoms with E-state index in [4.69, 9.17) is 20.8 Å². The lowest BCUT2D eigenvalue weighted by molar-refractivity contribution is 0.102. The molecule has 0 fully saturated rings. The highest BCUT2D eigenvalue weighted by molar-refractivity contribution is 6.32. The molecular formula is C30H21ClN4O4. The largest absolute Gasteiger partial charge is 0.495 e. The average molecular weight is 537 g/mol. The highest BCUT2D eigenvalue weighted by Gasteiger charge is 2.14. The molecule has 0 aliphatic rings. The van der Waals surface area contributed by atoms with Gasteiger partial charge in [0, 0.05) is 16.6 Å². The van der Waals surface area contributed by atoms with Crippen LogP contribution in [0.4, 0.5) is 5.69 Å². The molecular weight excluding hydrogens is 516 g/mol. The van der Waals surface area contributed by atoms with Gasteiger partial charge in [0.05, 0.1) is 23.4 Å². The summed E-state index contributed by atoms with van der Waals surface area (Å²) in [7, 11) is 1.55. The summed E-state index contributed by atoms with van der Waals surface area (Å²) in [5, 5.41) is 13.3. The van der Waals surface area contributed by atoms with Gasteiger partial charge in [-0.05, 0) is 72.6 Å². The van der Waals surface area contributed by atoms with Crippen LogP contribution >= 0.6 is 11.6 Å². The molecule has 4 aromatic carbocycles. The number of rotatable bonds is 5. The topological polar surface area (TPSA) is 99.2 Å². The third kappa shape index (κ3) is 4.62. The van der Waals surface area contributed by atoms with Crippen molar-refractivity contribution in [1.82, 2.24) is 15.0 Å². The second-order valence-electron chi connectivity index (χ2n) is 8.98. The van der Waals surface area contributed by atoms with Gasteiger partial charge in [-0.25, -0.2) is 4.79 Å². The van der Waals surface area contributed by atoms with Crippen LogP contribution in [0.5, 0.6) is 5.75 Å². The van der Waals surface area contributed by atoms with Crippen molar-refractivity contribution >= 4 is 45.2 Å². The summed E-state index contributed by atoms with van der Waals surface area (Å²) in [6.45, 7) is 1.89. The summed E-state index contributed by atoms with van der Waals surface area (Å²) in [5.74, 6) is 0.274. The molecule has 0 unspecified atom stereocenters. The standard InChI is InChI=1S/C30H21ClN4O4/c1-17-13-25-26(34-35(33-25)21-11-12-28(38-2)23(31)15-21)16-24(17)32-29(36)19-9-7-18(8-10-19)22-14-20-5-3-4-6-27(20)39-30(22)37/h3-16H,1-2H3,(H,32,36). The van der Waals surface area contributed by atoms with Gasteiger partial charge in [-0.15, -0.1) is 10.2 Å². The van der Waals surface area contributed by atoms with Crippen LogP contribution in [0.3, 0.4) is 0 Å². The van der Waals surface area contributed by atoms with Crippen molar-refractivity contribution in [2.45, 2.75) is 6.92 Å². The molecule has 39 heavy (non-hydrogen) atoms. The van der Waals surface area contributed by atoms with Gasteiger partial charge in [-0.2, -0.15) is 4.80 Å². The van der Waals surface area contributed by atoms with Crippen molar-refractivity contribution in [2.24, 2.45) is 0 Å². The minimum atomic E-state index is -0.431. The van der Waals surface area contributed by atoms with Crippen molar-refractivity contribution in [3.8, 4) is 22.6 Å².